The van der Waals surface area contributed by atoms with Gasteiger partial charge in [-0.05, 0) is 43.7 Å². The number of benzene rings is 1. The summed E-state index contributed by atoms with van der Waals surface area (Å²) < 4.78 is 5.10. The lowest BCUT2D eigenvalue weighted by Crippen LogP contribution is -2.30. The van der Waals surface area contributed by atoms with Crippen LogP contribution in [0.25, 0.3) is 0 Å². The number of carbonyl (C=O) groups is 2. The largest absolute Gasteiger partial charge is 0.449 e. The number of nitrogens with zero attached hydrogens (tertiary/aromatic N) is 1. The van der Waals surface area contributed by atoms with Crippen LogP contribution in [0, 0.1) is 6.92 Å². The number of esters is 1. The molecule has 0 radical (unpaired) electrons. The lowest BCUT2D eigenvalue weighted by atomic mass is 10.2. The van der Waals surface area contributed by atoms with Crippen LogP contribution in [0.4, 0.5) is 5.69 Å². The molecule has 1 amide bonds. The highest BCUT2D eigenvalue weighted by Gasteiger charge is 2.21. The molecule has 1 N–H and O–H groups in total. The smallest absolute Gasteiger partial charge is 0.342 e. The van der Waals surface area contributed by atoms with Crippen molar-refractivity contribution < 1.29 is 14.3 Å². The van der Waals surface area contributed by atoms with Crippen LogP contribution in [0.1, 0.15) is 22.8 Å². The number of anilines is 1. The van der Waals surface area contributed by atoms with E-state index in [1.165, 1.54) is 19.2 Å². The Balaban J connectivity index is 2.01. The fraction of sp³-hybridized carbons (Fsp3) is 0.188. The second kappa shape index (κ2) is 7.44. The molecule has 2 rings (SSSR count). The SMILES string of the molecule is Cc1ccc(NC(=O)C(C)OC(=O)c2cccnc2Cl)cc1Cl. The van der Waals surface area contributed by atoms with E-state index in [2.05, 4.69) is 10.3 Å². The maximum absolute atomic E-state index is 12.1. The molecular formula is C16H14Cl2N2O3. The van der Waals surface area contributed by atoms with Crippen molar-refractivity contribution in [2.75, 3.05) is 5.32 Å². The van der Waals surface area contributed by atoms with Gasteiger partial charge in [-0.2, -0.15) is 0 Å². The van der Waals surface area contributed by atoms with Crippen molar-refractivity contribution in [3.05, 3.63) is 57.8 Å². The second-order valence-corrected chi connectivity index (χ2v) is 5.61. The van der Waals surface area contributed by atoms with Gasteiger partial charge in [-0.1, -0.05) is 29.3 Å². The summed E-state index contributed by atoms with van der Waals surface area (Å²) in [6.45, 7) is 3.32. The number of rotatable bonds is 4. The number of hydrogen-bond acceptors (Lipinski definition) is 4. The highest BCUT2D eigenvalue weighted by molar-refractivity contribution is 6.32. The maximum Gasteiger partial charge on any atom is 0.342 e. The van der Waals surface area contributed by atoms with Crippen LogP contribution < -0.4 is 5.32 Å². The number of aromatic nitrogens is 1. The summed E-state index contributed by atoms with van der Waals surface area (Å²) in [5.74, 6) is -1.19. The number of aryl methyl sites for hydroxylation is 1. The molecule has 0 aliphatic carbocycles. The van der Waals surface area contributed by atoms with E-state index in [-0.39, 0.29) is 10.7 Å². The van der Waals surface area contributed by atoms with Gasteiger partial charge < -0.3 is 10.1 Å². The van der Waals surface area contributed by atoms with Gasteiger partial charge in [-0.3, -0.25) is 4.79 Å². The normalized spacial score (nSPS) is 11.7. The summed E-state index contributed by atoms with van der Waals surface area (Å²) in [5, 5.41) is 3.19. The quantitative estimate of drug-likeness (QED) is 0.669. The summed E-state index contributed by atoms with van der Waals surface area (Å²) in [5.41, 5.74) is 1.52. The van der Waals surface area contributed by atoms with Crippen molar-refractivity contribution in [2.45, 2.75) is 20.0 Å². The van der Waals surface area contributed by atoms with E-state index < -0.39 is 18.0 Å². The molecule has 5 nitrogen and oxygen atoms in total. The third-order valence-electron chi connectivity index (χ3n) is 3.07. The van der Waals surface area contributed by atoms with E-state index in [0.717, 1.165) is 5.56 Å². The topological polar surface area (TPSA) is 68.3 Å². The highest BCUT2D eigenvalue weighted by Crippen LogP contribution is 2.20. The number of carbonyl (C=O) groups excluding carboxylic acids is 2. The third kappa shape index (κ3) is 4.43. The van der Waals surface area contributed by atoms with Crippen LogP contribution in [0.15, 0.2) is 36.5 Å². The number of amides is 1. The van der Waals surface area contributed by atoms with Crippen molar-refractivity contribution in [1.29, 1.82) is 0 Å². The molecule has 7 heteroatoms. The zero-order valence-electron chi connectivity index (χ0n) is 12.5. The van der Waals surface area contributed by atoms with Crippen LogP contribution in [0.5, 0.6) is 0 Å². The molecule has 0 aliphatic heterocycles. The van der Waals surface area contributed by atoms with E-state index in [9.17, 15) is 9.59 Å². The Labute approximate surface area is 143 Å². The Morgan fingerprint density at radius 3 is 2.65 bits per heavy atom. The molecule has 1 atom stereocenters. The Morgan fingerprint density at radius 2 is 2.00 bits per heavy atom. The van der Waals surface area contributed by atoms with Crippen molar-refractivity contribution in [2.24, 2.45) is 0 Å². The van der Waals surface area contributed by atoms with Crippen molar-refractivity contribution in [3.63, 3.8) is 0 Å². The molecule has 0 saturated heterocycles. The Kier molecular flexibility index (Phi) is 5.58. The summed E-state index contributed by atoms with van der Waals surface area (Å²) >= 11 is 11.8. The molecule has 120 valence electrons. The van der Waals surface area contributed by atoms with Gasteiger partial charge in [0.1, 0.15) is 5.15 Å². The van der Waals surface area contributed by atoms with Crippen molar-refractivity contribution in [1.82, 2.24) is 4.98 Å². The zero-order chi connectivity index (χ0) is 17.0. The predicted octanol–water partition coefficient (Wildman–Crippen LogP) is 3.88. The average molecular weight is 353 g/mol. The fourth-order valence-electron chi connectivity index (χ4n) is 1.73. The highest BCUT2D eigenvalue weighted by atomic mass is 35.5. The van der Waals surface area contributed by atoms with E-state index in [4.69, 9.17) is 27.9 Å². The Morgan fingerprint density at radius 1 is 1.26 bits per heavy atom. The molecule has 0 spiro atoms. The molecule has 0 saturated carbocycles. The predicted molar refractivity (Wildman–Crippen MR) is 88.9 cm³/mol. The van der Waals surface area contributed by atoms with Gasteiger partial charge in [0.05, 0.1) is 5.56 Å². The van der Waals surface area contributed by atoms with Crippen LogP contribution in [0.2, 0.25) is 10.2 Å². The van der Waals surface area contributed by atoms with Crippen molar-refractivity contribution >= 4 is 40.8 Å². The average Bonchev–Trinajstić information content (AvgIpc) is 2.51. The first-order valence-electron chi connectivity index (χ1n) is 6.77. The lowest BCUT2D eigenvalue weighted by Gasteiger charge is -2.14. The van der Waals surface area contributed by atoms with Gasteiger partial charge in [-0.25, -0.2) is 9.78 Å². The number of halogens is 2. The third-order valence-corrected chi connectivity index (χ3v) is 3.78. The monoisotopic (exact) mass is 352 g/mol. The first-order valence-corrected chi connectivity index (χ1v) is 7.52. The van der Waals surface area contributed by atoms with Gasteiger partial charge in [0.15, 0.2) is 6.10 Å². The first-order chi connectivity index (χ1) is 10.9. The van der Waals surface area contributed by atoms with Crippen LogP contribution in [-0.4, -0.2) is 23.0 Å². The molecule has 2 aromatic rings. The number of nitrogens with one attached hydrogen (secondary N) is 1. The van der Waals surface area contributed by atoms with E-state index in [1.54, 1.807) is 24.3 Å². The molecule has 0 aliphatic rings. The molecular weight excluding hydrogens is 339 g/mol. The van der Waals surface area contributed by atoms with Gasteiger partial charge in [0.2, 0.25) is 0 Å². The summed E-state index contributed by atoms with van der Waals surface area (Å²) in [7, 11) is 0. The maximum atomic E-state index is 12.1. The van der Waals surface area contributed by atoms with Gasteiger partial charge in [-0.15, -0.1) is 0 Å². The fourth-order valence-corrected chi connectivity index (χ4v) is 2.11. The molecule has 0 bridgehead atoms. The van der Waals surface area contributed by atoms with Gasteiger partial charge in [0.25, 0.3) is 5.91 Å². The molecule has 23 heavy (non-hydrogen) atoms. The van der Waals surface area contributed by atoms with E-state index >= 15 is 0 Å². The first kappa shape index (κ1) is 17.2. The van der Waals surface area contributed by atoms with E-state index in [1.807, 2.05) is 6.92 Å². The summed E-state index contributed by atoms with van der Waals surface area (Å²) in [6.07, 6.45) is 0.454. The zero-order valence-corrected chi connectivity index (χ0v) is 14.0. The van der Waals surface area contributed by atoms with Crippen molar-refractivity contribution in [3.8, 4) is 0 Å². The second-order valence-electron chi connectivity index (χ2n) is 4.84. The minimum Gasteiger partial charge on any atom is -0.449 e. The Hall–Kier alpha value is -2.11. The number of ether oxygens (including phenoxy) is 1. The van der Waals surface area contributed by atoms with Crippen LogP contribution in [-0.2, 0) is 9.53 Å². The number of pyridine rings is 1. The molecule has 1 unspecified atom stereocenters. The lowest BCUT2D eigenvalue weighted by molar-refractivity contribution is -0.123. The Bertz CT molecular complexity index is 750. The van der Waals surface area contributed by atoms with Gasteiger partial charge in [0, 0.05) is 16.9 Å². The van der Waals surface area contributed by atoms with E-state index in [0.29, 0.717) is 10.7 Å². The molecule has 1 aromatic carbocycles. The molecule has 0 fully saturated rings. The number of hydrogen-bond donors (Lipinski definition) is 1. The minimum atomic E-state index is -1.00. The van der Waals surface area contributed by atoms with Gasteiger partial charge >= 0.3 is 5.97 Å². The summed E-state index contributed by atoms with van der Waals surface area (Å²) in [6, 6.07) is 8.15. The summed E-state index contributed by atoms with van der Waals surface area (Å²) in [4.78, 5) is 27.9. The van der Waals surface area contributed by atoms with Crippen LogP contribution in [0.3, 0.4) is 0 Å². The van der Waals surface area contributed by atoms with Crippen LogP contribution >= 0.6 is 23.2 Å². The molecule has 1 heterocycles. The minimum absolute atomic E-state index is 0.0235. The molecule has 1 aromatic heterocycles. The standard InChI is InChI=1S/C16H14Cl2N2O3/c1-9-5-6-11(8-13(9)17)20-15(21)10(2)23-16(22)12-4-3-7-19-14(12)18/h3-8,10H,1-2H3,(H,20,21).